The van der Waals surface area contributed by atoms with E-state index < -0.39 is 0 Å². The van der Waals surface area contributed by atoms with E-state index in [1.807, 2.05) is 0 Å². The molecule has 6 heteroatoms. The van der Waals surface area contributed by atoms with Crippen molar-refractivity contribution in [1.82, 2.24) is 15.9 Å². The Bertz CT molecular complexity index is 2920. The second-order valence-electron chi connectivity index (χ2n) is 39.6. The molecular weight excluding hydrogens is 1540 g/mol. The van der Waals surface area contributed by atoms with Crippen molar-refractivity contribution in [3.05, 3.63) is 57.6 Å². The second kappa shape index (κ2) is 62.9. The van der Waals surface area contributed by atoms with Gasteiger partial charge in [0.1, 0.15) is 0 Å². The summed E-state index contributed by atoms with van der Waals surface area (Å²) in [6, 6.07) is 11.2. The third-order valence-electron chi connectivity index (χ3n) is 29.8. The third-order valence-corrected chi connectivity index (χ3v) is 32.0. The molecule has 7 rings (SSSR count). The zero-order valence-electron chi connectivity index (χ0n) is 79.0. The van der Waals surface area contributed by atoms with Gasteiger partial charge >= 0.3 is 352 Å². The quantitative estimate of drug-likeness (QED) is 0.0288. The molecule has 0 N–H and O–H groups in total. The van der Waals surface area contributed by atoms with Crippen molar-refractivity contribution in [3.63, 3.8) is 0 Å². The van der Waals surface area contributed by atoms with Gasteiger partial charge in [0, 0.05) is 0 Å². The van der Waals surface area contributed by atoms with Crippen molar-refractivity contribution >= 4 is 52.0 Å². The summed E-state index contributed by atoms with van der Waals surface area (Å²) < 4.78 is 21.7. The summed E-state index contributed by atoms with van der Waals surface area (Å²) in [7, 11) is 0. The van der Waals surface area contributed by atoms with Gasteiger partial charge in [-0.3, -0.25) is 0 Å². The van der Waals surface area contributed by atoms with Gasteiger partial charge in [0.15, 0.2) is 0 Å². The summed E-state index contributed by atoms with van der Waals surface area (Å²) in [5, 5.41) is 0. The van der Waals surface area contributed by atoms with Crippen LogP contribution >= 0.6 is 0 Å². The van der Waals surface area contributed by atoms with Crippen molar-refractivity contribution in [2.45, 2.75) is 568 Å². The normalized spacial score (nSPS) is 16.2. The Morgan fingerprint density at radius 3 is 0.603 bits per heavy atom. The van der Waals surface area contributed by atoms with Gasteiger partial charge in [-0.1, -0.05) is 364 Å². The first-order chi connectivity index (χ1) is 57.2. The summed E-state index contributed by atoms with van der Waals surface area (Å²) in [5.41, 5.74) is 20.3. The van der Waals surface area contributed by atoms with Crippen molar-refractivity contribution in [3.8, 4) is 22.3 Å². The number of aromatic nitrogens is 4. The molecular formula is C110H190N4Se2. The first kappa shape index (κ1) is 101. The molecule has 2 heterocycles. The van der Waals surface area contributed by atoms with E-state index >= 15 is 0 Å². The predicted octanol–water partition coefficient (Wildman–Crippen LogP) is 37.1. The zero-order valence-corrected chi connectivity index (χ0v) is 82.4. The van der Waals surface area contributed by atoms with Gasteiger partial charge in [-0.05, 0) is 23.7 Å². The molecule has 2 aliphatic carbocycles. The predicted molar refractivity (Wildman–Crippen MR) is 519 cm³/mol. The van der Waals surface area contributed by atoms with Gasteiger partial charge in [-0.2, -0.15) is 0 Å². The first-order valence-electron chi connectivity index (χ1n) is 52.9. The van der Waals surface area contributed by atoms with E-state index in [0.29, 0.717) is 0 Å². The van der Waals surface area contributed by atoms with Gasteiger partial charge in [-0.15, -0.1) is 0 Å². The zero-order chi connectivity index (χ0) is 82.2. The summed E-state index contributed by atoms with van der Waals surface area (Å²) in [6.45, 7) is 23.8. The van der Waals surface area contributed by atoms with Crippen LogP contribution in [0.1, 0.15) is 577 Å². The number of hydrogen-bond donors (Lipinski definition) is 0. The standard InChI is InChI=1S/C110H190N4Se2/c1-11-19-27-59-75-93(71-23-15-5)79-63-51-43-35-31-39-47-55-67-83-109(84-68-56-48-40-32-36-44-52-64-80-94(72-24-16-6)76-60-28-20-12-2)99-89-98-100(90-97(99)103-101(109)87-91(9)105-107(103)113-115-111-105)110(102-88-92(10)106-108(104(98)102)114-116-112-106,85-69-57-49-41-33-37-45-53-65-81-95(73-25-17-7)77-61-29-21-13-3)86-70-58-50-42-34-38-46-54-66-82-96(74-26-18-8)78-62-30-22-14-4/h87-90,93-96H,11-86H2,1-10H3. The minimum absolute atomic E-state index is 0.0405. The molecule has 0 radical (unpaired) electrons. The van der Waals surface area contributed by atoms with Crippen LogP contribution in [-0.2, 0) is 10.8 Å². The number of hydrogen-bond acceptors (Lipinski definition) is 4. The van der Waals surface area contributed by atoms with Crippen LogP contribution in [0.25, 0.3) is 44.3 Å². The van der Waals surface area contributed by atoms with Crippen LogP contribution < -0.4 is 0 Å². The van der Waals surface area contributed by atoms with E-state index in [2.05, 4.69) is 93.5 Å². The van der Waals surface area contributed by atoms with E-state index in [-0.39, 0.29) is 40.8 Å². The Labute approximate surface area is 734 Å². The summed E-state index contributed by atoms with van der Waals surface area (Å²) >= 11 is -0.193. The Kier molecular flexibility index (Phi) is 54.8. The minimum atomic E-state index is -0.0966. The van der Waals surface area contributed by atoms with Crippen LogP contribution in [-0.4, -0.2) is 45.8 Å². The van der Waals surface area contributed by atoms with Crippen LogP contribution in [0.3, 0.4) is 0 Å². The van der Waals surface area contributed by atoms with E-state index in [4.69, 9.17) is 15.9 Å². The number of unbranched alkanes of at least 4 members (excludes halogenated alkanes) is 48. The fourth-order valence-corrected chi connectivity index (χ4v) is 25.0. The van der Waals surface area contributed by atoms with Crippen LogP contribution in [0.4, 0.5) is 0 Å². The molecule has 0 aliphatic heterocycles. The number of nitrogens with zero attached hydrogens (tertiary/aromatic N) is 4. The Hall–Kier alpha value is -2.10. The molecule has 2 aromatic heterocycles. The van der Waals surface area contributed by atoms with Crippen LogP contribution in [0, 0.1) is 37.5 Å². The molecule has 662 valence electrons. The molecule has 116 heavy (non-hydrogen) atoms. The number of benzene rings is 3. The van der Waals surface area contributed by atoms with Gasteiger partial charge in [0.2, 0.25) is 0 Å². The molecule has 0 saturated carbocycles. The molecule has 0 saturated heterocycles. The summed E-state index contributed by atoms with van der Waals surface area (Å²) in [4.78, 5) is 0. The third kappa shape index (κ3) is 35.1. The topological polar surface area (TPSA) is 51.6 Å². The SMILES string of the molecule is CCCCCCC(CCCC)CCCCCCCCCCCC1(CCCCCCCCCCCC(CCCC)CCCCCC)c2cc3c(cc2-c2c1cc(C)c1n[se]nc21)C(CCCCCCCCCCCC(CCCC)CCCCCC)(CCCCCCCCCCCC(CCCC)CCCCCC)c1cc(C)c2n[se]nc2c1-3. The molecule has 0 amide bonds. The number of aryl methyl sites for hydroxylation is 2. The first-order valence-corrected chi connectivity index (χ1v) is 56.0. The van der Waals surface area contributed by atoms with E-state index in [9.17, 15) is 0 Å². The molecule has 5 aromatic rings. The molecule has 0 fully saturated rings. The van der Waals surface area contributed by atoms with Crippen molar-refractivity contribution in [2.75, 3.05) is 0 Å². The maximum atomic E-state index is 5.56. The van der Waals surface area contributed by atoms with E-state index in [0.717, 1.165) is 23.7 Å². The van der Waals surface area contributed by atoms with Crippen molar-refractivity contribution in [2.24, 2.45) is 23.7 Å². The summed E-state index contributed by atoms with van der Waals surface area (Å²) in [5.74, 6) is 3.90. The molecule has 0 spiro atoms. The van der Waals surface area contributed by atoms with Gasteiger partial charge < -0.3 is 0 Å². The fourth-order valence-electron chi connectivity index (χ4n) is 22.4. The monoisotopic (exact) mass is 1730 g/mol. The van der Waals surface area contributed by atoms with E-state index in [1.54, 1.807) is 33.4 Å². The van der Waals surface area contributed by atoms with Crippen LogP contribution in [0.5, 0.6) is 0 Å². The van der Waals surface area contributed by atoms with Crippen molar-refractivity contribution < 1.29 is 0 Å². The number of rotatable bonds is 80. The average Bonchev–Trinajstić information content (AvgIpc) is 1.52. The molecule has 4 atom stereocenters. The molecule has 4 unspecified atom stereocenters. The van der Waals surface area contributed by atoms with Crippen LogP contribution in [0.15, 0.2) is 24.3 Å². The van der Waals surface area contributed by atoms with Crippen molar-refractivity contribution in [1.29, 1.82) is 0 Å². The summed E-state index contributed by atoms with van der Waals surface area (Å²) in [6.07, 6.45) is 107. The maximum absolute atomic E-state index is 5.56. The van der Waals surface area contributed by atoms with Gasteiger partial charge in [0.05, 0.1) is 0 Å². The fraction of sp³-hybridized carbons (Fsp3) is 0.836. The van der Waals surface area contributed by atoms with Gasteiger partial charge in [0.25, 0.3) is 0 Å². The Morgan fingerprint density at radius 1 is 0.207 bits per heavy atom. The van der Waals surface area contributed by atoms with E-state index in [1.165, 1.54) is 532 Å². The number of fused-ring (bicyclic) bond motifs is 10. The average molecular weight is 1730 g/mol. The molecule has 2 aliphatic rings. The van der Waals surface area contributed by atoms with Crippen LogP contribution in [0.2, 0.25) is 0 Å². The van der Waals surface area contributed by atoms with Gasteiger partial charge in [-0.25, -0.2) is 0 Å². The molecule has 0 bridgehead atoms. The second-order valence-corrected chi connectivity index (χ2v) is 41.8. The molecule has 4 nitrogen and oxygen atoms in total. The Morgan fingerprint density at radius 2 is 0.388 bits per heavy atom. The molecule has 3 aromatic carbocycles. The Balaban J connectivity index is 1.11.